The molecule has 0 bridgehead atoms. The van der Waals surface area contributed by atoms with Crippen molar-refractivity contribution >= 4 is 16.7 Å². The number of rotatable bonds is 9. The largest absolute Gasteiger partial charge is 0.396 e. The van der Waals surface area contributed by atoms with Gasteiger partial charge in [0.15, 0.2) is 0 Å². The zero-order chi connectivity index (χ0) is 19.8. The second-order valence-electron chi connectivity index (χ2n) is 7.15. The molecule has 0 radical (unpaired) electrons. The number of hydrogen-bond donors (Lipinski definition) is 2. The second-order valence-corrected chi connectivity index (χ2v) is 7.15. The molecular formula is C24H28N2O2. The van der Waals surface area contributed by atoms with Gasteiger partial charge < -0.3 is 15.3 Å². The lowest BCUT2D eigenvalue weighted by molar-refractivity contribution is -0.132. The monoisotopic (exact) mass is 376 g/mol. The van der Waals surface area contributed by atoms with Crippen molar-refractivity contribution in [2.45, 2.75) is 25.4 Å². The van der Waals surface area contributed by atoms with E-state index in [1.807, 2.05) is 49.5 Å². The SMILES string of the molecule is CN(Cc1ccccc1)C(=O)[C@H](Cc1ccc2ccccc2c1)NCCCO. The summed E-state index contributed by atoms with van der Waals surface area (Å²) in [6.07, 6.45) is 1.25. The summed E-state index contributed by atoms with van der Waals surface area (Å²) >= 11 is 0. The number of nitrogens with zero attached hydrogens (tertiary/aromatic N) is 1. The standard InChI is InChI=1S/C24H28N2O2/c1-26(18-19-8-3-2-4-9-19)24(28)23(25-14-7-15-27)17-20-12-13-21-10-5-6-11-22(21)16-20/h2-6,8-13,16,23,25,27H,7,14-15,17-18H2,1H3/t23-/m0/s1. The van der Waals surface area contributed by atoms with E-state index in [1.54, 1.807) is 4.90 Å². The molecule has 3 aromatic rings. The molecule has 4 heteroatoms. The smallest absolute Gasteiger partial charge is 0.240 e. The van der Waals surface area contributed by atoms with Crippen LogP contribution in [0.4, 0.5) is 0 Å². The van der Waals surface area contributed by atoms with Crippen molar-refractivity contribution in [1.82, 2.24) is 10.2 Å². The van der Waals surface area contributed by atoms with Gasteiger partial charge in [0.25, 0.3) is 0 Å². The van der Waals surface area contributed by atoms with Gasteiger partial charge in [-0.05, 0) is 41.3 Å². The number of likely N-dealkylation sites (N-methyl/N-ethyl adjacent to an activating group) is 1. The van der Waals surface area contributed by atoms with Gasteiger partial charge in [0.05, 0.1) is 6.04 Å². The van der Waals surface area contributed by atoms with E-state index in [9.17, 15) is 4.79 Å². The predicted molar refractivity (Wildman–Crippen MR) is 114 cm³/mol. The molecular weight excluding hydrogens is 348 g/mol. The van der Waals surface area contributed by atoms with E-state index in [2.05, 4.69) is 35.6 Å². The van der Waals surface area contributed by atoms with Gasteiger partial charge in [-0.1, -0.05) is 72.8 Å². The van der Waals surface area contributed by atoms with Gasteiger partial charge in [-0.25, -0.2) is 0 Å². The molecule has 0 aliphatic carbocycles. The quantitative estimate of drug-likeness (QED) is 0.563. The Morgan fingerprint density at radius 2 is 1.68 bits per heavy atom. The molecule has 0 saturated carbocycles. The molecule has 0 aromatic heterocycles. The molecule has 1 atom stereocenters. The first-order chi connectivity index (χ1) is 13.7. The van der Waals surface area contributed by atoms with Crippen LogP contribution in [0.25, 0.3) is 10.8 Å². The van der Waals surface area contributed by atoms with Crippen molar-refractivity contribution < 1.29 is 9.90 Å². The van der Waals surface area contributed by atoms with Gasteiger partial charge in [-0.15, -0.1) is 0 Å². The van der Waals surface area contributed by atoms with Gasteiger partial charge >= 0.3 is 0 Å². The van der Waals surface area contributed by atoms with E-state index in [0.717, 1.165) is 11.1 Å². The Kier molecular flexibility index (Phi) is 7.18. The van der Waals surface area contributed by atoms with Crippen molar-refractivity contribution in [2.75, 3.05) is 20.2 Å². The summed E-state index contributed by atoms with van der Waals surface area (Å²) in [6.45, 7) is 1.30. The number of hydrogen-bond acceptors (Lipinski definition) is 3. The third kappa shape index (κ3) is 5.41. The summed E-state index contributed by atoms with van der Waals surface area (Å²) in [5.41, 5.74) is 2.24. The number of carbonyl (C=O) groups excluding carboxylic acids is 1. The third-order valence-corrected chi connectivity index (χ3v) is 4.92. The molecule has 0 fully saturated rings. The Hall–Kier alpha value is -2.69. The molecule has 2 N–H and O–H groups in total. The van der Waals surface area contributed by atoms with Gasteiger partial charge in [0, 0.05) is 20.2 Å². The van der Waals surface area contributed by atoms with Gasteiger partial charge in [0.1, 0.15) is 0 Å². The maximum absolute atomic E-state index is 13.1. The number of aliphatic hydroxyl groups excluding tert-OH is 1. The van der Waals surface area contributed by atoms with Crippen LogP contribution in [-0.4, -0.2) is 42.2 Å². The highest BCUT2D eigenvalue weighted by molar-refractivity contribution is 5.84. The second kappa shape index (κ2) is 10.0. The molecule has 0 spiro atoms. The minimum absolute atomic E-state index is 0.0648. The fourth-order valence-electron chi connectivity index (χ4n) is 3.40. The minimum Gasteiger partial charge on any atom is -0.396 e. The maximum Gasteiger partial charge on any atom is 0.240 e. The molecule has 146 valence electrons. The molecule has 3 rings (SSSR count). The predicted octanol–water partition coefficient (Wildman–Crippen LogP) is 3.38. The molecule has 0 aliphatic heterocycles. The fraction of sp³-hybridized carbons (Fsp3) is 0.292. The number of carbonyl (C=O) groups is 1. The molecule has 0 saturated heterocycles. The van der Waals surface area contributed by atoms with Crippen LogP contribution in [0.1, 0.15) is 17.5 Å². The van der Waals surface area contributed by atoms with Crippen molar-refractivity contribution in [3.63, 3.8) is 0 Å². The highest BCUT2D eigenvalue weighted by Crippen LogP contribution is 2.17. The summed E-state index contributed by atoms with van der Waals surface area (Å²) in [7, 11) is 1.84. The molecule has 28 heavy (non-hydrogen) atoms. The molecule has 0 aliphatic rings. The highest BCUT2D eigenvalue weighted by Gasteiger charge is 2.22. The zero-order valence-corrected chi connectivity index (χ0v) is 16.3. The van der Waals surface area contributed by atoms with Crippen LogP contribution in [0, 0.1) is 0 Å². The highest BCUT2D eigenvalue weighted by atomic mass is 16.3. The van der Waals surface area contributed by atoms with Gasteiger partial charge in [-0.3, -0.25) is 4.79 Å². The fourth-order valence-corrected chi connectivity index (χ4v) is 3.40. The number of amides is 1. The topological polar surface area (TPSA) is 52.6 Å². The van der Waals surface area contributed by atoms with Crippen LogP contribution >= 0.6 is 0 Å². The Morgan fingerprint density at radius 1 is 0.964 bits per heavy atom. The Bertz CT molecular complexity index is 895. The number of nitrogens with one attached hydrogen (secondary N) is 1. The lowest BCUT2D eigenvalue weighted by atomic mass is 10.0. The van der Waals surface area contributed by atoms with Crippen molar-refractivity contribution in [2.24, 2.45) is 0 Å². The van der Waals surface area contributed by atoms with Gasteiger partial charge in [0.2, 0.25) is 5.91 Å². The average Bonchev–Trinajstić information content (AvgIpc) is 2.73. The first-order valence-electron chi connectivity index (χ1n) is 9.78. The molecule has 1 amide bonds. The Morgan fingerprint density at radius 3 is 2.43 bits per heavy atom. The molecule has 0 heterocycles. The van der Waals surface area contributed by atoms with E-state index < -0.39 is 0 Å². The first kappa shape index (κ1) is 20.1. The molecule has 4 nitrogen and oxygen atoms in total. The van der Waals surface area contributed by atoms with Crippen LogP contribution in [0.5, 0.6) is 0 Å². The third-order valence-electron chi connectivity index (χ3n) is 4.92. The average molecular weight is 377 g/mol. The van der Waals surface area contributed by atoms with E-state index in [1.165, 1.54) is 10.8 Å². The van der Waals surface area contributed by atoms with E-state index in [0.29, 0.717) is 25.9 Å². The maximum atomic E-state index is 13.1. The van der Waals surface area contributed by atoms with E-state index in [4.69, 9.17) is 5.11 Å². The summed E-state index contributed by atoms with van der Waals surface area (Å²) in [6, 6.07) is 24.3. The number of aliphatic hydroxyl groups is 1. The Balaban J connectivity index is 1.73. The minimum atomic E-state index is -0.318. The van der Waals surface area contributed by atoms with Gasteiger partial charge in [-0.2, -0.15) is 0 Å². The summed E-state index contributed by atoms with van der Waals surface area (Å²) < 4.78 is 0. The Labute approximate surface area is 166 Å². The van der Waals surface area contributed by atoms with Crippen LogP contribution < -0.4 is 5.32 Å². The lowest BCUT2D eigenvalue weighted by Crippen LogP contribution is -2.46. The van der Waals surface area contributed by atoms with Crippen molar-refractivity contribution in [1.29, 1.82) is 0 Å². The van der Waals surface area contributed by atoms with Crippen LogP contribution in [-0.2, 0) is 17.8 Å². The summed E-state index contributed by atoms with van der Waals surface area (Å²) in [5, 5.41) is 14.8. The van der Waals surface area contributed by atoms with Crippen LogP contribution in [0.3, 0.4) is 0 Å². The van der Waals surface area contributed by atoms with E-state index >= 15 is 0 Å². The first-order valence-corrected chi connectivity index (χ1v) is 9.78. The van der Waals surface area contributed by atoms with Crippen LogP contribution in [0.15, 0.2) is 72.8 Å². The number of benzene rings is 3. The number of fused-ring (bicyclic) bond motifs is 1. The summed E-state index contributed by atoms with van der Waals surface area (Å²) in [5.74, 6) is 0.0648. The molecule has 3 aromatic carbocycles. The lowest BCUT2D eigenvalue weighted by Gasteiger charge is -2.25. The van der Waals surface area contributed by atoms with E-state index in [-0.39, 0.29) is 18.6 Å². The molecule has 0 unspecified atom stereocenters. The van der Waals surface area contributed by atoms with Crippen molar-refractivity contribution in [3.05, 3.63) is 83.9 Å². The zero-order valence-electron chi connectivity index (χ0n) is 16.3. The summed E-state index contributed by atoms with van der Waals surface area (Å²) in [4.78, 5) is 14.9. The van der Waals surface area contributed by atoms with Crippen molar-refractivity contribution in [3.8, 4) is 0 Å². The normalized spacial score (nSPS) is 12.1. The van der Waals surface area contributed by atoms with Crippen LogP contribution in [0.2, 0.25) is 0 Å².